The van der Waals surface area contributed by atoms with Gasteiger partial charge in [0.05, 0.1) is 0 Å². The van der Waals surface area contributed by atoms with Crippen LogP contribution in [0.1, 0.15) is 60.3 Å². The average molecular weight is 170 g/mol. The first-order valence-electron chi connectivity index (χ1n) is 5.86. The monoisotopic (exact) mass is 170 g/mol. The lowest BCUT2D eigenvalue weighted by molar-refractivity contribution is 0.360. The van der Waals surface area contributed by atoms with Crippen molar-refractivity contribution in [2.24, 2.45) is 17.8 Å². The number of rotatable bonds is 0. The van der Waals surface area contributed by atoms with Crippen LogP contribution in [0.4, 0.5) is 0 Å². The van der Waals surface area contributed by atoms with Crippen LogP contribution in [-0.4, -0.2) is 0 Å². The second kappa shape index (κ2) is 6.51. The van der Waals surface area contributed by atoms with Crippen molar-refractivity contribution in [2.75, 3.05) is 0 Å². The van der Waals surface area contributed by atoms with E-state index in [1.165, 1.54) is 0 Å². The minimum Gasteiger partial charge on any atom is -0.0683 e. The van der Waals surface area contributed by atoms with Crippen molar-refractivity contribution in [2.45, 2.75) is 60.3 Å². The minimum atomic E-state index is 1.08. The van der Waals surface area contributed by atoms with Gasteiger partial charge < -0.3 is 0 Å². The highest BCUT2D eigenvalue weighted by Crippen LogP contribution is 2.47. The highest BCUT2D eigenvalue weighted by atomic mass is 14.4. The zero-order valence-electron chi connectivity index (χ0n) is 9.56. The van der Waals surface area contributed by atoms with E-state index in [2.05, 4.69) is 6.92 Å². The van der Waals surface area contributed by atoms with Crippen LogP contribution in [0.3, 0.4) is 0 Å². The van der Waals surface area contributed by atoms with Crippen molar-refractivity contribution < 1.29 is 0 Å². The number of fused-ring (bicyclic) bond motifs is 2. The standard InChI is InChI=1S/C8H14.2C2H6/c1-6-4-7-2-3-8(6)5-7;2*1-2/h6-8H,2-5H2,1H3;2*1-2H3. The third kappa shape index (κ3) is 2.80. The normalized spacial score (nSPS) is 36.2. The molecule has 3 atom stereocenters. The molecule has 0 nitrogen and oxygen atoms in total. The van der Waals surface area contributed by atoms with Crippen LogP contribution >= 0.6 is 0 Å². The predicted octanol–water partition coefficient (Wildman–Crippen LogP) is 4.49. The van der Waals surface area contributed by atoms with Crippen LogP contribution in [0.25, 0.3) is 0 Å². The second-order valence-corrected chi connectivity index (χ2v) is 3.65. The quantitative estimate of drug-likeness (QED) is 0.502. The van der Waals surface area contributed by atoms with Gasteiger partial charge in [0.15, 0.2) is 0 Å². The lowest BCUT2D eigenvalue weighted by atomic mass is 9.91. The van der Waals surface area contributed by atoms with E-state index >= 15 is 0 Å². The van der Waals surface area contributed by atoms with Gasteiger partial charge >= 0.3 is 0 Å². The van der Waals surface area contributed by atoms with Gasteiger partial charge in [-0.3, -0.25) is 0 Å². The Hall–Kier alpha value is 0. The molecule has 2 rings (SSSR count). The number of hydrogen-bond donors (Lipinski definition) is 0. The van der Waals surface area contributed by atoms with E-state index < -0.39 is 0 Å². The zero-order valence-corrected chi connectivity index (χ0v) is 9.56. The van der Waals surface area contributed by atoms with E-state index in [0.717, 1.165) is 17.8 Å². The molecule has 74 valence electrons. The topological polar surface area (TPSA) is 0 Å². The summed E-state index contributed by atoms with van der Waals surface area (Å²) in [7, 11) is 0. The van der Waals surface area contributed by atoms with Gasteiger partial charge in [-0.15, -0.1) is 0 Å². The van der Waals surface area contributed by atoms with Crippen LogP contribution in [0, 0.1) is 17.8 Å². The SMILES string of the molecule is CC.CC.CC1CC2CCC1C2. The van der Waals surface area contributed by atoms with Crippen molar-refractivity contribution in [3.05, 3.63) is 0 Å². The molecule has 3 unspecified atom stereocenters. The third-order valence-corrected chi connectivity index (χ3v) is 3.09. The van der Waals surface area contributed by atoms with Gasteiger partial charge in [0.2, 0.25) is 0 Å². The van der Waals surface area contributed by atoms with Crippen LogP contribution in [0.15, 0.2) is 0 Å². The lowest BCUT2D eigenvalue weighted by Crippen LogP contribution is -2.04. The molecule has 0 heteroatoms. The summed E-state index contributed by atoms with van der Waals surface area (Å²) in [5.74, 6) is 3.36. The summed E-state index contributed by atoms with van der Waals surface area (Å²) < 4.78 is 0. The Morgan fingerprint density at radius 2 is 1.42 bits per heavy atom. The Kier molecular flexibility index (Phi) is 6.51. The Bertz CT molecular complexity index is 94.2. The molecule has 0 aromatic rings. The first-order chi connectivity index (χ1) is 5.86. The van der Waals surface area contributed by atoms with Gasteiger partial charge in [-0.05, 0) is 37.0 Å². The Morgan fingerprint density at radius 1 is 0.833 bits per heavy atom. The van der Waals surface area contributed by atoms with E-state index in [0.29, 0.717) is 0 Å². The molecule has 0 heterocycles. The first kappa shape index (κ1) is 12.0. The summed E-state index contributed by atoms with van der Waals surface area (Å²) in [6, 6.07) is 0. The second-order valence-electron chi connectivity index (χ2n) is 3.65. The van der Waals surface area contributed by atoms with Gasteiger partial charge in [0, 0.05) is 0 Å². The van der Waals surface area contributed by atoms with Crippen molar-refractivity contribution in [3.8, 4) is 0 Å². The Morgan fingerprint density at radius 3 is 1.58 bits per heavy atom. The summed E-state index contributed by atoms with van der Waals surface area (Å²) in [5.41, 5.74) is 0. The van der Waals surface area contributed by atoms with Gasteiger partial charge in [-0.25, -0.2) is 0 Å². The Labute approximate surface area is 78.8 Å². The molecule has 0 aromatic heterocycles. The molecule has 0 spiro atoms. The maximum atomic E-state index is 2.42. The van der Waals surface area contributed by atoms with E-state index in [4.69, 9.17) is 0 Å². The molecule has 0 saturated heterocycles. The molecule has 0 amide bonds. The third-order valence-electron chi connectivity index (χ3n) is 3.09. The van der Waals surface area contributed by atoms with E-state index in [1.807, 2.05) is 27.7 Å². The molecule has 2 saturated carbocycles. The first-order valence-corrected chi connectivity index (χ1v) is 5.86. The fourth-order valence-corrected chi connectivity index (χ4v) is 2.56. The van der Waals surface area contributed by atoms with Crippen LogP contribution in [-0.2, 0) is 0 Å². The molecule has 0 N–H and O–H groups in total. The van der Waals surface area contributed by atoms with E-state index in [9.17, 15) is 0 Å². The van der Waals surface area contributed by atoms with E-state index in [-0.39, 0.29) is 0 Å². The molecule has 2 bridgehead atoms. The van der Waals surface area contributed by atoms with Gasteiger partial charge in [0.1, 0.15) is 0 Å². The van der Waals surface area contributed by atoms with Gasteiger partial charge in [-0.2, -0.15) is 0 Å². The molecule has 0 aliphatic heterocycles. The summed E-state index contributed by atoms with van der Waals surface area (Å²) in [6.45, 7) is 10.4. The smallest absolute Gasteiger partial charge is 0.0386 e. The minimum absolute atomic E-state index is 1.08. The summed E-state index contributed by atoms with van der Waals surface area (Å²) in [6.07, 6.45) is 6.21. The Balaban J connectivity index is 0.000000269. The van der Waals surface area contributed by atoms with E-state index in [1.54, 1.807) is 25.7 Å². The summed E-state index contributed by atoms with van der Waals surface area (Å²) in [5, 5.41) is 0. The largest absolute Gasteiger partial charge is 0.0683 e. The maximum absolute atomic E-state index is 2.42. The molecular weight excluding hydrogens is 144 g/mol. The molecule has 2 fully saturated rings. The predicted molar refractivity (Wildman–Crippen MR) is 57.3 cm³/mol. The zero-order chi connectivity index (χ0) is 9.56. The molecule has 0 radical (unpaired) electrons. The molecule has 2 aliphatic carbocycles. The molecule has 12 heavy (non-hydrogen) atoms. The lowest BCUT2D eigenvalue weighted by Gasteiger charge is -2.15. The molecule has 2 aliphatic rings. The van der Waals surface area contributed by atoms with Crippen LogP contribution in [0.5, 0.6) is 0 Å². The fourth-order valence-electron chi connectivity index (χ4n) is 2.56. The van der Waals surface area contributed by atoms with Crippen molar-refractivity contribution in [1.82, 2.24) is 0 Å². The summed E-state index contributed by atoms with van der Waals surface area (Å²) >= 11 is 0. The van der Waals surface area contributed by atoms with Gasteiger partial charge in [-0.1, -0.05) is 41.0 Å². The fraction of sp³-hybridized carbons (Fsp3) is 1.00. The van der Waals surface area contributed by atoms with Crippen LogP contribution < -0.4 is 0 Å². The van der Waals surface area contributed by atoms with Crippen molar-refractivity contribution in [1.29, 1.82) is 0 Å². The van der Waals surface area contributed by atoms with Crippen molar-refractivity contribution >= 4 is 0 Å². The average Bonchev–Trinajstić information content (AvgIpc) is 2.72. The maximum Gasteiger partial charge on any atom is -0.0386 e. The highest BCUT2D eigenvalue weighted by Gasteiger charge is 2.36. The molecule has 0 aromatic carbocycles. The highest BCUT2D eigenvalue weighted by molar-refractivity contribution is 4.87. The van der Waals surface area contributed by atoms with Gasteiger partial charge in [0.25, 0.3) is 0 Å². The molecular formula is C12H26. The summed E-state index contributed by atoms with van der Waals surface area (Å²) in [4.78, 5) is 0. The number of hydrogen-bond acceptors (Lipinski definition) is 0. The van der Waals surface area contributed by atoms with Crippen LogP contribution in [0.2, 0.25) is 0 Å². The van der Waals surface area contributed by atoms with Crippen molar-refractivity contribution in [3.63, 3.8) is 0 Å².